The molecule has 3 saturated carbocycles. The molecule has 1 aliphatic heterocycles. The Kier molecular flexibility index (Phi) is 2.74. The molecule has 0 aromatic rings. The van der Waals surface area contributed by atoms with Crippen LogP contribution in [-0.4, -0.2) is 25.7 Å². The predicted octanol–water partition coefficient (Wildman–Crippen LogP) is 2.40. The van der Waals surface area contributed by atoms with Gasteiger partial charge in [0, 0.05) is 19.1 Å². The highest BCUT2D eigenvalue weighted by molar-refractivity contribution is 5.17. The molecule has 2 bridgehead atoms. The quantitative estimate of drug-likeness (QED) is 0.798. The van der Waals surface area contributed by atoms with Crippen LogP contribution in [0.15, 0.2) is 0 Å². The molecule has 2 heteroatoms. The molecule has 4 fully saturated rings. The van der Waals surface area contributed by atoms with Crippen molar-refractivity contribution in [2.45, 2.75) is 51.5 Å². The molecule has 2 nitrogen and oxygen atoms in total. The van der Waals surface area contributed by atoms with E-state index in [4.69, 9.17) is 0 Å². The summed E-state index contributed by atoms with van der Waals surface area (Å²) in [5.41, 5.74) is 0.564. The van der Waals surface area contributed by atoms with Gasteiger partial charge < -0.3 is 10.6 Å². The molecule has 0 spiro atoms. The van der Waals surface area contributed by atoms with Gasteiger partial charge >= 0.3 is 0 Å². The summed E-state index contributed by atoms with van der Waals surface area (Å²) >= 11 is 0. The molecule has 0 aromatic heterocycles. The van der Waals surface area contributed by atoms with Crippen LogP contribution in [0.3, 0.4) is 0 Å². The number of hydrogen-bond acceptors (Lipinski definition) is 2. The first-order valence-corrected chi connectivity index (χ1v) is 8.27. The summed E-state index contributed by atoms with van der Waals surface area (Å²) in [5, 5.41) is 7.59. The number of rotatable bonds is 4. The van der Waals surface area contributed by atoms with Crippen molar-refractivity contribution in [3.8, 4) is 0 Å². The maximum absolute atomic E-state index is 3.98. The summed E-state index contributed by atoms with van der Waals surface area (Å²) in [6, 6.07) is 0.918. The number of hydrogen-bond donors (Lipinski definition) is 2. The van der Waals surface area contributed by atoms with E-state index in [2.05, 4.69) is 17.6 Å². The van der Waals surface area contributed by atoms with E-state index in [0.717, 1.165) is 29.7 Å². The van der Waals surface area contributed by atoms with Crippen LogP contribution in [-0.2, 0) is 0 Å². The largest absolute Gasteiger partial charge is 0.316 e. The molecule has 4 rings (SSSR count). The minimum absolute atomic E-state index is 0.564. The SMILES string of the molecule is CCC1(CNC2C3C4CCC(C4)C23)CCCNC1. The van der Waals surface area contributed by atoms with Crippen molar-refractivity contribution >= 4 is 0 Å². The van der Waals surface area contributed by atoms with Crippen LogP contribution in [0.5, 0.6) is 0 Å². The highest BCUT2D eigenvalue weighted by atomic mass is 15.0. The fourth-order valence-corrected chi connectivity index (χ4v) is 5.54. The van der Waals surface area contributed by atoms with E-state index in [0.29, 0.717) is 5.41 Å². The van der Waals surface area contributed by atoms with E-state index in [9.17, 15) is 0 Å². The van der Waals surface area contributed by atoms with E-state index in [1.54, 1.807) is 19.3 Å². The Morgan fingerprint density at radius 1 is 1.22 bits per heavy atom. The van der Waals surface area contributed by atoms with E-state index < -0.39 is 0 Å². The Morgan fingerprint density at radius 2 is 2.00 bits per heavy atom. The summed E-state index contributed by atoms with van der Waals surface area (Å²) < 4.78 is 0. The van der Waals surface area contributed by atoms with Crippen molar-refractivity contribution in [3.63, 3.8) is 0 Å². The molecule has 0 radical (unpaired) electrons. The van der Waals surface area contributed by atoms with Gasteiger partial charge in [-0.3, -0.25) is 0 Å². The van der Waals surface area contributed by atoms with Gasteiger partial charge in [0.05, 0.1) is 0 Å². The van der Waals surface area contributed by atoms with Crippen molar-refractivity contribution < 1.29 is 0 Å². The van der Waals surface area contributed by atoms with Crippen LogP contribution >= 0.6 is 0 Å². The lowest BCUT2D eigenvalue weighted by Crippen LogP contribution is -2.47. The Hall–Kier alpha value is -0.0800. The third-order valence-corrected chi connectivity index (χ3v) is 6.76. The monoisotopic (exact) mass is 248 g/mol. The molecular formula is C16H28N2. The standard InChI is InChI=1S/C16H28N2/c1-2-16(6-3-7-17-9-16)10-18-15-13-11-4-5-12(8-11)14(13)15/h11-15,17-18H,2-10H2,1H3. The molecule has 4 aliphatic rings. The van der Waals surface area contributed by atoms with Gasteiger partial charge in [0.1, 0.15) is 0 Å². The van der Waals surface area contributed by atoms with Gasteiger partial charge in [-0.05, 0) is 74.2 Å². The second-order valence-corrected chi connectivity index (χ2v) is 7.53. The van der Waals surface area contributed by atoms with Crippen molar-refractivity contribution in [1.82, 2.24) is 10.6 Å². The van der Waals surface area contributed by atoms with Crippen LogP contribution in [0.4, 0.5) is 0 Å². The number of fused-ring (bicyclic) bond motifs is 5. The Morgan fingerprint density at radius 3 is 2.61 bits per heavy atom. The van der Waals surface area contributed by atoms with Gasteiger partial charge in [0.25, 0.3) is 0 Å². The predicted molar refractivity (Wildman–Crippen MR) is 74.4 cm³/mol. The zero-order valence-electron chi connectivity index (χ0n) is 11.8. The minimum Gasteiger partial charge on any atom is -0.316 e. The van der Waals surface area contributed by atoms with Crippen LogP contribution in [0.1, 0.15) is 45.4 Å². The first-order chi connectivity index (χ1) is 8.83. The lowest BCUT2D eigenvalue weighted by molar-refractivity contribution is 0.188. The molecule has 1 saturated heterocycles. The molecule has 0 aromatic carbocycles. The number of nitrogens with one attached hydrogen (secondary N) is 2. The normalized spacial score (nSPS) is 53.5. The fraction of sp³-hybridized carbons (Fsp3) is 1.00. The molecule has 2 N–H and O–H groups in total. The van der Waals surface area contributed by atoms with Crippen LogP contribution in [0, 0.1) is 29.1 Å². The highest BCUT2D eigenvalue weighted by Crippen LogP contribution is 2.65. The maximum atomic E-state index is 3.98. The molecule has 3 aliphatic carbocycles. The molecule has 5 unspecified atom stereocenters. The average Bonchev–Trinajstić information content (AvgIpc) is 2.81. The summed E-state index contributed by atoms with van der Waals surface area (Å²) in [7, 11) is 0. The van der Waals surface area contributed by atoms with Crippen molar-refractivity contribution in [3.05, 3.63) is 0 Å². The summed E-state index contributed by atoms with van der Waals surface area (Å²) in [4.78, 5) is 0. The molecule has 0 amide bonds. The van der Waals surface area contributed by atoms with E-state index in [1.807, 2.05) is 0 Å². The van der Waals surface area contributed by atoms with Gasteiger partial charge in [0.2, 0.25) is 0 Å². The highest BCUT2D eigenvalue weighted by Gasteiger charge is 2.64. The first kappa shape index (κ1) is 11.7. The minimum atomic E-state index is 0.564. The molecular weight excluding hydrogens is 220 g/mol. The maximum Gasteiger partial charge on any atom is 0.0136 e. The molecule has 102 valence electrons. The van der Waals surface area contributed by atoms with E-state index in [1.165, 1.54) is 38.9 Å². The Labute approximate surface area is 111 Å². The lowest BCUT2D eigenvalue weighted by Gasteiger charge is -2.37. The molecule has 18 heavy (non-hydrogen) atoms. The van der Waals surface area contributed by atoms with Gasteiger partial charge in [-0.1, -0.05) is 6.92 Å². The number of piperidine rings is 1. The van der Waals surface area contributed by atoms with Gasteiger partial charge in [0.15, 0.2) is 0 Å². The van der Waals surface area contributed by atoms with Crippen molar-refractivity contribution in [2.75, 3.05) is 19.6 Å². The summed E-state index contributed by atoms with van der Waals surface area (Å²) in [6.45, 7) is 6.13. The average molecular weight is 248 g/mol. The lowest BCUT2D eigenvalue weighted by atomic mass is 9.78. The third-order valence-electron chi connectivity index (χ3n) is 6.76. The summed E-state index contributed by atoms with van der Waals surface area (Å²) in [6.07, 6.45) is 8.81. The topological polar surface area (TPSA) is 24.1 Å². The van der Waals surface area contributed by atoms with Crippen molar-refractivity contribution in [2.24, 2.45) is 29.1 Å². The second kappa shape index (κ2) is 4.21. The Bertz CT molecular complexity index is 305. The zero-order valence-corrected chi connectivity index (χ0v) is 11.8. The van der Waals surface area contributed by atoms with Gasteiger partial charge in [-0.25, -0.2) is 0 Å². The third kappa shape index (κ3) is 1.68. The first-order valence-electron chi connectivity index (χ1n) is 8.27. The fourth-order valence-electron chi connectivity index (χ4n) is 5.54. The van der Waals surface area contributed by atoms with Crippen LogP contribution < -0.4 is 10.6 Å². The summed E-state index contributed by atoms with van der Waals surface area (Å²) in [5.74, 6) is 4.41. The van der Waals surface area contributed by atoms with E-state index >= 15 is 0 Å². The van der Waals surface area contributed by atoms with E-state index in [-0.39, 0.29) is 0 Å². The second-order valence-electron chi connectivity index (χ2n) is 7.53. The van der Waals surface area contributed by atoms with Crippen LogP contribution in [0.25, 0.3) is 0 Å². The van der Waals surface area contributed by atoms with Crippen LogP contribution in [0.2, 0.25) is 0 Å². The Balaban J connectivity index is 1.34. The smallest absolute Gasteiger partial charge is 0.0136 e. The van der Waals surface area contributed by atoms with Gasteiger partial charge in [-0.2, -0.15) is 0 Å². The molecule has 1 heterocycles. The van der Waals surface area contributed by atoms with Crippen molar-refractivity contribution in [1.29, 1.82) is 0 Å². The van der Waals surface area contributed by atoms with Gasteiger partial charge in [-0.15, -0.1) is 0 Å². The zero-order chi connectivity index (χ0) is 12.2. The molecule has 5 atom stereocenters.